The molecule has 8 rings (SSSR count). The average Bonchev–Trinajstić information content (AvgIpc) is 3.67. The maximum absolute atomic E-state index is 13.3. The van der Waals surface area contributed by atoms with Gasteiger partial charge in [0.05, 0.1) is 42.7 Å². The first kappa shape index (κ1) is 24.6. The van der Waals surface area contributed by atoms with Gasteiger partial charge < -0.3 is 9.13 Å². The zero-order valence-corrected chi connectivity index (χ0v) is 23.7. The van der Waals surface area contributed by atoms with Gasteiger partial charge in [-0.05, 0) is 72.8 Å². The molecule has 0 aliphatic rings. The normalized spacial score (nSPS) is 12.0. The maximum atomic E-state index is 13.3. The van der Waals surface area contributed by atoms with E-state index >= 15 is 0 Å². The Kier molecular flexibility index (Phi) is 5.38. The van der Waals surface area contributed by atoms with E-state index in [2.05, 4.69) is 75.9 Å². The molecule has 5 aromatic carbocycles. The first-order valence-electron chi connectivity index (χ1n) is 13.4. The lowest BCUT2D eigenvalue weighted by Crippen LogP contribution is -2.02. The van der Waals surface area contributed by atoms with Crippen molar-refractivity contribution in [1.82, 2.24) is 9.13 Å². The molecule has 42 heavy (non-hydrogen) atoms. The summed E-state index contributed by atoms with van der Waals surface area (Å²) in [5.74, 6) is 0. The van der Waals surface area contributed by atoms with Crippen LogP contribution in [0.5, 0.6) is 0 Å². The zero-order valence-electron chi connectivity index (χ0n) is 22.1. The Morgan fingerprint density at radius 1 is 0.595 bits per heavy atom. The standard InChI is InChI=1S/C35H21N3O2S2/c36-22-23-14-18-26(19-15-23)42(39,40)27-20-16-25(17-21-27)38-30-12-6-4-10-28(30)32-33-34(41-35(32)38)29-11-5-7-13-31(29)37(33)24-8-2-1-3-9-24/h1-21H. The topological polar surface area (TPSA) is 67.8 Å². The van der Waals surface area contributed by atoms with E-state index in [1.807, 2.05) is 30.3 Å². The van der Waals surface area contributed by atoms with Gasteiger partial charge in [-0.25, -0.2) is 8.42 Å². The molecule has 0 aliphatic carbocycles. The highest BCUT2D eigenvalue weighted by atomic mass is 32.2. The van der Waals surface area contributed by atoms with Gasteiger partial charge in [0.15, 0.2) is 0 Å². The summed E-state index contributed by atoms with van der Waals surface area (Å²) in [6.45, 7) is 0. The van der Waals surface area contributed by atoms with Crippen LogP contribution in [0.4, 0.5) is 0 Å². The van der Waals surface area contributed by atoms with Gasteiger partial charge in [-0.1, -0.05) is 54.6 Å². The monoisotopic (exact) mass is 579 g/mol. The van der Waals surface area contributed by atoms with E-state index < -0.39 is 9.84 Å². The number of nitrogens with zero attached hydrogens (tertiary/aromatic N) is 3. The number of para-hydroxylation sites is 3. The second kappa shape index (κ2) is 9.18. The van der Waals surface area contributed by atoms with Gasteiger partial charge in [-0.3, -0.25) is 0 Å². The van der Waals surface area contributed by atoms with E-state index in [9.17, 15) is 8.42 Å². The predicted octanol–water partition coefficient (Wildman–Crippen LogP) is 8.65. The lowest BCUT2D eigenvalue weighted by atomic mass is 10.2. The number of aromatic nitrogens is 2. The van der Waals surface area contributed by atoms with E-state index in [4.69, 9.17) is 5.26 Å². The number of hydrogen-bond acceptors (Lipinski definition) is 4. The Hall–Kier alpha value is -5.16. The van der Waals surface area contributed by atoms with Gasteiger partial charge >= 0.3 is 0 Å². The lowest BCUT2D eigenvalue weighted by Gasteiger charge is -2.09. The predicted molar refractivity (Wildman–Crippen MR) is 170 cm³/mol. The Morgan fingerprint density at radius 3 is 1.81 bits per heavy atom. The van der Waals surface area contributed by atoms with Crippen LogP contribution in [-0.2, 0) is 9.84 Å². The molecule has 0 unspecified atom stereocenters. The van der Waals surface area contributed by atoms with Gasteiger partial charge in [0.25, 0.3) is 0 Å². The molecular formula is C35H21N3O2S2. The second-order valence-electron chi connectivity index (χ2n) is 10.1. The molecule has 0 spiro atoms. The summed E-state index contributed by atoms with van der Waals surface area (Å²) in [6.07, 6.45) is 0. The van der Waals surface area contributed by atoms with Crippen LogP contribution >= 0.6 is 11.3 Å². The third-order valence-corrected chi connectivity index (χ3v) is 10.8. The first-order chi connectivity index (χ1) is 20.6. The van der Waals surface area contributed by atoms with E-state index in [0.717, 1.165) is 27.1 Å². The molecule has 0 bridgehead atoms. The molecule has 8 aromatic rings. The van der Waals surface area contributed by atoms with E-state index in [1.165, 1.54) is 50.8 Å². The third kappa shape index (κ3) is 3.50. The fourth-order valence-electron chi connectivity index (χ4n) is 5.90. The molecular weight excluding hydrogens is 559 g/mol. The Balaban J connectivity index is 1.37. The van der Waals surface area contributed by atoms with E-state index in [-0.39, 0.29) is 9.79 Å². The minimum Gasteiger partial charge on any atom is -0.308 e. The summed E-state index contributed by atoms with van der Waals surface area (Å²) in [5, 5.41) is 12.6. The van der Waals surface area contributed by atoms with Crippen molar-refractivity contribution in [3.63, 3.8) is 0 Å². The lowest BCUT2D eigenvalue weighted by molar-refractivity contribution is 0.596. The molecule has 0 saturated carbocycles. The number of rotatable bonds is 4. The van der Waals surface area contributed by atoms with Crippen molar-refractivity contribution in [2.24, 2.45) is 0 Å². The van der Waals surface area contributed by atoms with Crippen LogP contribution in [0.2, 0.25) is 0 Å². The number of fused-ring (bicyclic) bond motifs is 7. The molecule has 3 aromatic heterocycles. The van der Waals surface area contributed by atoms with Crippen LogP contribution in [0.15, 0.2) is 137 Å². The van der Waals surface area contributed by atoms with Crippen LogP contribution < -0.4 is 0 Å². The molecule has 0 saturated heterocycles. The van der Waals surface area contributed by atoms with Crippen molar-refractivity contribution in [3.05, 3.63) is 133 Å². The smallest absolute Gasteiger partial charge is 0.206 e. The summed E-state index contributed by atoms with van der Waals surface area (Å²) < 4.78 is 32.5. The molecule has 7 heteroatoms. The number of hydrogen-bond donors (Lipinski definition) is 0. The highest BCUT2D eigenvalue weighted by Gasteiger charge is 2.24. The Morgan fingerprint density at radius 2 is 1.14 bits per heavy atom. The first-order valence-corrected chi connectivity index (χ1v) is 15.7. The summed E-state index contributed by atoms with van der Waals surface area (Å²) in [5.41, 5.74) is 5.83. The van der Waals surface area contributed by atoms with Crippen molar-refractivity contribution in [3.8, 4) is 17.4 Å². The highest BCUT2D eigenvalue weighted by molar-refractivity contribution is 7.91. The fourth-order valence-corrected chi connectivity index (χ4v) is 8.53. The van der Waals surface area contributed by atoms with Crippen molar-refractivity contribution < 1.29 is 8.42 Å². The molecule has 0 atom stereocenters. The highest BCUT2D eigenvalue weighted by Crippen LogP contribution is 2.47. The van der Waals surface area contributed by atoms with Gasteiger partial charge in [0.1, 0.15) is 4.83 Å². The molecule has 0 amide bonds. The van der Waals surface area contributed by atoms with Crippen LogP contribution in [0.25, 0.3) is 53.6 Å². The minimum atomic E-state index is -3.73. The number of thiophene rings is 1. The number of sulfone groups is 1. The summed E-state index contributed by atoms with van der Waals surface area (Å²) in [4.78, 5) is 1.48. The quantitative estimate of drug-likeness (QED) is 0.210. The van der Waals surface area contributed by atoms with Gasteiger partial charge in [0, 0.05) is 27.5 Å². The van der Waals surface area contributed by atoms with Crippen LogP contribution in [-0.4, -0.2) is 17.6 Å². The molecule has 0 radical (unpaired) electrons. The molecule has 0 aliphatic heterocycles. The van der Waals surface area contributed by atoms with Gasteiger partial charge in [-0.2, -0.15) is 5.26 Å². The van der Waals surface area contributed by atoms with E-state index in [0.29, 0.717) is 5.56 Å². The van der Waals surface area contributed by atoms with Gasteiger partial charge in [-0.15, -0.1) is 11.3 Å². The largest absolute Gasteiger partial charge is 0.308 e. The SMILES string of the molecule is N#Cc1ccc(S(=O)(=O)c2ccc(-n3c4ccccc4c4c3sc3c5ccccc5n(-c5ccccc5)c34)cc2)cc1. The third-order valence-electron chi connectivity index (χ3n) is 7.81. The van der Waals surface area contributed by atoms with Crippen molar-refractivity contribution in [2.45, 2.75) is 9.79 Å². The minimum absolute atomic E-state index is 0.164. The molecule has 0 fully saturated rings. The summed E-state index contributed by atoms with van der Waals surface area (Å²) in [7, 11) is -3.73. The average molecular weight is 580 g/mol. The van der Waals surface area contributed by atoms with Crippen LogP contribution in [0.3, 0.4) is 0 Å². The Labute approximate surface area is 245 Å². The van der Waals surface area contributed by atoms with Crippen LogP contribution in [0.1, 0.15) is 5.56 Å². The summed E-state index contributed by atoms with van der Waals surface area (Å²) in [6, 6.07) is 42.5. The molecule has 200 valence electrons. The van der Waals surface area contributed by atoms with Crippen molar-refractivity contribution in [2.75, 3.05) is 0 Å². The van der Waals surface area contributed by atoms with Gasteiger partial charge in [0.2, 0.25) is 9.84 Å². The van der Waals surface area contributed by atoms with Crippen LogP contribution in [0, 0.1) is 11.3 Å². The number of benzene rings is 5. The van der Waals surface area contributed by atoms with Crippen molar-refractivity contribution >= 4 is 63.4 Å². The fraction of sp³-hybridized carbons (Fsp3) is 0. The maximum Gasteiger partial charge on any atom is 0.206 e. The molecule has 5 nitrogen and oxygen atoms in total. The molecule has 3 heterocycles. The van der Waals surface area contributed by atoms with E-state index in [1.54, 1.807) is 23.5 Å². The molecule has 0 N–H and O–H groups in total. The number of nitriles is 1. The van der Waals surface area contributed by atoms with Crippen molar-refractivity contribution in [1.29, 1.82) is 5.26 Å². The Bertz CT molecular complexity index is 2460. The second-order valence-corrected chi connectivity index (χ2v) is 13.1. The summed E-state index contributed by atoms with van der Waals surface area (Å²) >= 11 is 1.76. The zero-order chi connectivity index (χ0) is 28.4.